The lowest BCUT2D eigenvalue weighted by molar-refractivity contribution is 0.0773. The van der Waals surface area contributed by atoms with E-state index in [1.54, 1.807) is 6.20 Å². The van der Waals surface area contributed by atoms with Crippen LogP contribution in [0.3, 0.4) is 0 Å². The van der Waals surface area contributed by atoms with Gasteiger partial charge in [-0.15, -0.1) is 5.10 Å². The number of piperazine rings is 1. The second-order valence-electron chi connectivity index (χ2n) is 9.12. The maximum absolute atomic E-state index is 13.2. The van der Waals surface area contributed by atoms with Crippen LogP contribution in [0, 0.1) is 0 Å². The molecule has 3 heterocycles. The minimum atomic E-state index is 0.0263. The summed E-state index contributed by atoms with van der Waals surface area (Å²) in [6.07, 6.45) is 1.80. The third kappa shape index (κ3) is 4.77. The molecule has 36 heavy (non-hydrogen) atoms. The molecule has 0 aliphatic carbocycles. The SMILES string of the molecule is CCN(CC)C(=O)c1ccccc1-c1ccc2cnc(Nc3ccc(N4CCN(C)CC4)cc3)nn12. The van der Waals surface area contributed by atoms with E-state index in [1.165, 1.54) is 5.69 Å². The Bertz CT molecular complexity index is 1340. The lowest BCUT2D eigenvalue weighted by atomic mass is 10.0. The Kier molecular flexibility index (Phi) is 6.86. The fraction of sp³-hybridized carbons (Fsp3) is 0.321. The summed E-state index contributed by atoms with van der Waals surface area (Å²) in [4.78, 5) is 24.3. The van der Waals surface area contributed by atoms with Gasteiger partial charge in [0, 0.05) is 61.8 Å². The number of amides is 1. The van der Waals surface area contributed by atoms with E-state index in [1.807, 2.05) is 59.7 Å². The van der Waals surface area contributed by atoms with Crippen LogP contribution in [-0.2, 0) is 0 Å². The van der Waals surface area contributed by atoms with Crippen LogP contribution in [0.15, 0.2) is 66.9 Å². The molecular formula is C28H33N7O. The Labute approximate surface area is 212 Å². The number of carbonyl (C=O) groups excluding carboxylic acids is 1. The number of likely N-dealkylation sites (N-methyl/N-ethyl adjacent to an activating group) is 1. The molecule has 0 spiro atoms. The second kappa shape index (κ2) is 10.4. The Hall–Kier alpha value is -3.91. The van der Waals surface area contributed by atoms with E-state index < -0.39 is 0 Å². The number of aromatic nitrogens is 3. The van der Waals surface area contributed by atoms with Crippen molar-refractivity contribution < 1.29 is 4.79 Å². The van der Waals surface area contributed by atoms with Gasteiger partial charge in [0.2, 0.25) is 5.95 Å². The van der Waals surface area contributed by atoms with Crippen LogP contribution < -0.4 is 10.2 Å². The summed E-state index contributed by atoms with van der Waals surface area (Å²) in [7, 11) is 2.17. The summed E-state index contributed by atoms with van der Waals surface area (Å²) in [6.45, 7) is 9.58. The number of nitrogens with zero attached hydrogens (tertiary/aromatic N) is 6. The van der Waals surface area contributed by atoms with E-state index in [9.17, 15) is 4.79 Å². The quantitative estimate of drug-likeness (QED) is 0.421. The zero-order chi connectivity index (χ0) is 25.1. The second-order valence-corrected chi connectivity index (χ2v) is 9.12. The Balaban J connectivity index is 1.41. The number of carbonyl (C=O) groups is 1. The van der Waals surface area contributed by atoms with Gasteiger partial charge in [-0.25, -0.2) is 9.50 Å². The molecule has 0 bridgehead atoms. The van der Waals surface area contributed by atoms with Crippen LogP contribution in [-0.4, -0.2) is 76.6 Å². The molecule has 0 radical (unpaired) electrons. The van der Waals surface area contributed by atoms with Crippen molar-refractivity contribution in [3.63, 3.8) is 0 Å². The van der Waals surface area contributed by atoms with Crippen molar-refractivity contribution in [2.24, 2.45) is 0 Å². The van der Waals surface area contributed by atoms with Crippen molar-refractivity contribution in [1.82, 2.24) is 24.4 Å². The first-order valence-electron chi connectivity index (χ1n) is 12.6. The normalized spacial score (nSPS) is 14.2. The molecule has 2 aromatic heterocycles. The number of fused-ring (bicyclic) bond motifs is 1. The van der Waals surface area contributed by atoms with Crippen molar-refractivity contribution in [2.45, 2.75) is 13.8 Å². The third-order valence-electron chi connectivity index (χ3n) is 6.87. The van der Waals surface area contributed by atoms with Gasteiger partial charge in [-0.2, -0.15) is 0 Å². The molecular weight excluding hydrogens is 450 g/mol. The highest BCUT2D eigenvalue weighted by molar-refractivity contribution is 6.00. The average molecular weight is 484 g/mol. The van der Waals surface area contributed by atoms with Crippen molar-refractivity contribution >= 4 is 28.7 Å². The number of nitrogens with one attached hydrogen (secondary N) is 1. The average Bonchev–Trinajstić information content (AvgIpc) is 3.33. The summed E-state index contributed by atoms with van der Waals surface area (Å²) in [5.74, 6) is 0.526. The molecule has 0 atom stereocenters. The van der Waals surface area contributed by atoms with Crippen LogP contribution in [0.1, 0.15) is 24.2 Å². The molecule has 1 saturated heterocycles. The van der Waals surface area contributed by atoms with Crippen LogP contribution in [0.4, 0.5) is 17.3 Å². The van der Waals surface area contributed by atoms with Crippen molar-refractivity contribution in [3.8, 4) is 11.3 Å². The molecule has 1 N–H and O–H groups in total. The van der Waals surface area contributed by atoms with Gasteiger partial charge in [-0.1, -0.05) is 18.2 Å². The lowest BCUT2D eigenvalue weighted by Gasteiger charge is -2.34. The van der Waals surface area contributed by atoms with Crippen LogP contribution in [0.2, 0.25) is 0 Å². The summed E-state index contributed by atoms with van der Waals surface area (Å²) in [5.41, 5.74) is 5.41. The zero-order valence-electron chi connectivity index (χ0n) is 21.2. The van der Waals surface area contributed by atoms with Gasteiger partial charge in [-0.05, 0) is 63.4 Å². The van der Waals surface area contributed by atoms with E-state index in [0.29, 0.717) is 24.6 Å². The maximum atomic E-state index is 13.2. The molecule has 0 unspecified atom stereocenters. The largest absolute Gasteiger partial charge is 0.369 e. The van der Waals surface area contributed by atoms with Gasteiger partial charge in [0.05, 0.1) is 17.4 Å². The minimum Gasteiger partial charge on any atom is -0.369 e. The Morgan fingerprint density at radius 3 is 2.39 bits per heavy atom. The number of hydrogen-bond donors (Lipinski definition) is 1. The monoisotopic (exact) mass is 483 g/mol. The highest BCUT2D eigenvalue weighted by atomic mass is 16.2. The van der Waals surface area contributed by atoms with Gasteiger partial charge in [0.15, 0.2) is 0 Å². The predicted octanol–water partition coefficient (Wildman–Crippen LogP) is 4.37. The lowest BCUT2D eigenvalue weighted by Crippen LogP contribution is -2.44. The fourth-order valence-electron chi connectivity index (χ4n) is 4.69. The first-order valence-corrected chi connectivity index (χ1v) is 12.6. The van der Waals surface area contributed by atoms with Gasteiger partial charge >= 0.3 is 0 Å². The number of benzene rings is 2. The predicted molar refractivity (Wildman–Crippen MR) is 145 cm³/mol. The molecule has 1 amide bonds. The molecule has 186 valence electrons. The first-order chi connectivity index (χ1) is 17.6. The van der Waals surface area contributed by atoms with E-state index in [4.69, 9.17) is 5.10 Å². The molecule has 2 aromatic carbocycles. The van der Waals surface area contributed by atoms with Gasteiger partial charge in [0.25, 0.3) is 5.91 Å². The van der Waals surface area contributed by atoms with Crippen LogP contribution in [0.25, 0.3) is 16.8 Å². The summed E-state index contributed by atoms with van der Waals surface area (Å²) in [5, 5.41) is 8.10. The fourth-order valence-corrected chi connectivity index (χ4v) is 4.69. The van der Waals surface area contributed by atoms with E-state index in [2.05, 4.69) is 51.4 Å². The highest BCUT2D eigenvalue weighted by Crippen LogP contribution is 2.27. The summed E-state index contributed by atoms with van der Waals surface area (Å²) < 4.78 is 1.85. The Morgan fingerprint density at radius 1 is 0.944 bits per heavy atom. The molecule has 8 nitrogen and oxygen atoms in total. The molecule has 1 aliphatic heterocycles. The van der Waals surface area contributed by atoms with E-state index in [0.717, 1.165) is 48.6 Å². The Morgan fingerprint density at radius 2 is 1.67 bits per heavy atom. The number of hydrogen-bond acceptors (Lipinski definition) is 6. The van der Waals surface area contributed by atoms with Gasteiger partial charge < -0.3 is 20.0 Å². The van der Waals surface area contributed by atoms with E-state index >= 15 is 0 Å². The molecule has 5 rings (SSSR count). The highest BCUT2D eigenvalue weighted by Gasteiger charge is 2.19. The minimum absolute atomic E-state index is 0.0263. The summed E-state index contributed by atoms with van der Waals surface area (Å²) >= 11 is 0. The standard InChI is InChI=1S/C28H33N7O/c1-4-33(5-2)27(36)25-9-7-6-8-24(25)26-15-14-23-20-29-28(31-35(23)26)30-21-10-12-22(13-11-21)34-18-16-32(3)17-19-34/h6-15,20H,4-5,16-19H2,1-3H3,(H,30,31). The molecule has 1 fully saturated rings. The maximum Gasteiger partial charge on any atom is 0.254 e. The molecule has 4 aromatic rings. The van der Waals surface area contributed by atoms with Gasteiger partial charge in [-0.3, -0.25) is 4.79 Å². The third-order valence-corrected chi connectivity index (χ3v) is 6.87. The van der Waals surface area contributed by atoms with Crippen LogP contribution in [0.5, 0.6) is 0 Å². The van der Waals surface area contributed by atoms with Crippen molar-refractivity contribution in [2.75, 3.05) is 56.5 Å². The molecule has 0 saturated carbocycles. The zero-order valence-corrected chi connectivity index (χ0v) is 21.2. The van der Waals surface area contributed by atoms with Crippen molar-refractivity contribution in [1.29, 1.82) is 0 Å². The number of anilines is 3. The summed E-state index contributed by atoms with van der Waals surface area (Å²) in [6, 6.07) is 20.1. The van der Waals surface area contributed by atoms with Crippen LogP contribution >= 0.6 is 0 Å². The molecule has 1 aliphatic rings. The first kappa shape index (κ1) is 23.8. The smallest absolute Gasteiger partial charge is 0.254 e. The van der Waals surface area contributed by atoms with E-state index in [-0.39, 0.29) is 5.91 Å². The topological polar surface area (TPSA) is 69.0 Å². The van der Waals surface area contributed by atoms with Crippen molar-refractivity contribution in [3.05, 3.63) is 72.4 Å². The number of rotatable bonds is 7. The molecule has 8 heteroatoms. The van der Waals surface area contributed by atoms with Gasteiger partial charge in [0.1, 0.15) is 0 Å².